The van der Waals surface area contributed by atoms with Gasteiger partial charge < -0.3 is 19.4 Å². The van der Waals surface area contributed by atoms with Crippen molar-refractivity contribution in [1.82, 2.24) is 0 Å². The predicted octanol–water partition coefficient (Wildman–Crippen LogP) is -7.60. The number of carbonyl (C=O) groups excluding carboxylic acids is 1. The van der Waals surface area contributed by atoms with E-state index in [0.717, 1.165) is 0 Å². The molecule has 1 unspecified atom stereocenters. The second-order valence-corrected chi connectivity index (χ2v) is 3.31. The van der Waals surface area contributed by atoms with Crippen molar-refractivity contribution < 1.29 is 82.6 Å². The summed E-state index contributed by atoms with van der Waals surface area (Å²) in [5, 5.41) is 9.82. The van der Waals surface area contributed by atoms with E-state index < -0.39 is 32.5 Å². The van der Waals surface area contributed by atoms with E-state index in [0.29, 0.717) is 0 Å². The molecule has 0 aliphatic rings. The third-order valence-electron chi connectivity index (χ3n) is 0.610. The quantitative estimate of drug-likeness (QED) is 0.334. The average Bonchev–Trinajstić information content (AvgIpc) is 1.81. The van der Waals surface area contributed by atoms with Crippen molar-refractivity contribution in [3.8, 4) is 0 Å². The van der Waals surface area contributed by atoms with Crippen LogP contribution in [0, 0.1) is 0 Å². The van der Waals surface area contributed by atoms with Gasteiger partial charge in [-0.15, -0.1) is 0 Å². The first-order valence-corrected chi connectivity index (χ1v) is 3.98. The van der Waals surface area contributed by atoms with Crippen LogP contribution in [0.2, 0.25) is 0 Å². The summed E-state index contributed by atoms with van der Waals surface area (Å²) in [6, 6.07) is 0. The molecule has 0 bridgehead atoms. The molecule has 4 nitrogen and oxygen atoms in total. The summed E-state index contributed by atoms with van der Waals surface area (Å²) in [7, 11) is -4.60. The van der Waals surface area contributed by atoms with Crippen molar-refractivity contribution in [3.05, 3.63) is 0 Å². The van der Waals surface area contributed by atoms with Gasteiger partial charge in [-0.25, -0.2) is 0 Å². The Hall–Kier alpha value is 1.66. The fraction of sp³-hybridized carbons (Fsp3) is 0.750. The molecular formula is C4H7Na2O4P. The summed E-state index contributed by atoms with van der Waals surface area (Å²) in [6.07, 6.45) is -1.66. The van der Waals surface area contributed by atoms with Crippen LogP contribution in [0.4, 0.5) is 0 Å². The van der Waals surface area contributed by atoms with E-state index in [9.17, 15) is 19.4 Å². The van der Waals surface area contributed by atoms with Crippen molar-refractivity contribution >= 4 is 13.3 Å². The molecule has 0 rings (SSSR count). The minimum Gasteiger partial charge on any atom is -0.799 e. The normalized spacial score (nSPS) is 18.8. The van der Waals surface area contributed by atoms with Crippen LogP contribution in [-0.4, -0.2) is 18.7 Å². The Morgan fingerprint density at radius 1 is 1.64 bits per heavy atom. The van der Waals surface area contributed by atoms with Crippen LogP contribution in [0.15, 0.2) is 0 Å². The number of hydrogen-bond donors (Lipinski definition) is 0. The van der Waals surface area contributed by atoms with Gasteiger partial charge in [0.1, 0.15) is 0 Å². The molecule has 0 N–H and O–H groups in total. The molecule has 0 aromatic heterocycles. The molecule has 0 fully saturated rings. The first-order chi connectivity index (χ1) is 5.17. The maximum absolute atomic E-state index is 10.7. The van der Waals surface area contributed by atoms with E-state index in [2.05, 4.69) is 0 Å². The third kappa shape index (κ3) is 18.5. The molecule has 0 saturated heterocycles. The fourth-order valence-corrected chi connectivity index (χ4v) is 0.715. The number of rotatable bonds is 3. The van der Waals surface area contributed by atoms with Gasteiger partial charge in [-0.1, -0.05) is 0 Å². The zero-order valence-electron chi connectivity index (χ0n) is 9.49. The van der Waals surface area contributed by atoms with Crippen LogP contribution in [0.25, 0.3) is 0 Å². The van der Waals surface area contributed by atoms with Crippen LogP contribution in [0.5, 0.6) is 0 Å². The number of hydrogen-bond acceptors (Lipinski definition) is 4. The van der Waals surface area contributed by atoms with E-state index in [1.165, 1.54) is 0 Å². The number of carbonyl (C=O) groups is 1. The molecule has 0 heterocycles. The van der Waals surface area contributed by atoms with Crippen molar-refractivity contribution in [2.24, 2.45) is 0 Å². The molecule has 1 atom stereocenters. The molecule has 0 aliphatic carbocycles. The van der Waals surface area contributed by atoms with E-state index in [1.54, 1.807) is 0 Å². The minimum absolute atomic E-state index is 0. The maximum atomic E-state index is 10.7. The van der Waals surface area contributed by atoms with E-state index in [1.807, 2.05) is 0 Å². The van der Waals surface area contributed by atoms with Gasteiger partial charge in [0, 0.05) is 17.5 Å². The second kappa shape index (κ2) is 8.27. The summed E-state index contributed by atoms with van der Waals surface area (Å²) in [5.41, 5.74) is 0. The van der Waals surface area contributed by atoms with Gasteiger partial charge in [0.2, 0.25) is 0 Å². The standard InChI is InChI=1S/C4H9O4P.2Na/c1-9(7,8)3-2-4(5)6;;/h2-3H2,1H3,(H,5,6)(H,7,8);;/q;2*+1/p-2/i1D3;;. The summed E-state index contributed by atoms with van der Waals surface area (Å²) >= 11 is 0. The molecular weight excluding hydrogens is 189 g/mol. The van der Waals surface area contributed by atoms with Crippen LogP contribution in [0.3, 0.4) is 0 Å². The van der Waals surface area contributed by atoms with Gasteiger partial charge in [-0.3, -0.25) is 0 Å². The first kappa shape index (κ1) is 10.7. The molecule has 0 aliphatic heterocycles. The largest absolute Gasteiger partial charge is 1.00 e. The van der Waals surface area contributed by atoms with Gasteiger partial charge in [0.15, 0.2) is 0 Å². The SMILES string of the molecule is [2H]C([2H])([2H])P(=O)([O-])CCC(=O)[O-].[Na+].[Na+]. The monoisotopic (exact) mass is 199 g/mol. The van der Waals surface area contributed by atoms with Crippen molar-refractivity contribution in [1.29, 1.82) is 0 Å². The Bertz CT molecular complexity index is 231. The summed E-state index contributed by atoms with van der Waals surface area (Å²) < 4.78 is 30.3. The molecule has 0 radical (unpaired) electrons. The topological polar surface area (TPSA) is 80.3 Å². The molecule has 0 aromatic carbocycles. The Morgan fingerprint density at radius 3 is 2.36 bits per heavy atom. The Labute approximate surface area is 114 Å². The molecule has 0 amide bonds. The maximum Gasteiger partial charge on any atom is 1.00 e. The smallest absolute Gasteiger partial charge is 0.799 e. The molecule has 0 aromatic rings. The van der Waals surface area contributed by atoms with Crippen LogP contribution < -0.4 is 69.1 Å². The predicted molar refractivity (Wildman–Crippen MR) is 28.0 cm³/mol. The minimum atomic E-state index is -4.60. The summed E-state index contributed by atoms with van der Waals surface area (Å²) in [4.78, 5) is 20.5. The molecule has 0 saturated carbocycles. The third-order valence-corrected chi connectivity index (χ3v) is 1.42. The van der Waals surface area contributed by atoms with Gasteiger partial charge in [0.25, 0.3) is 0 Å². The van der Waals surface area contributed by atoms with Gasteiger partial charge in [-0.05, 0) is 19.2 Å². The van der Waals surface area contributed by atoms with Crippen LogP contribution >= 0.6 is 7.37 Å². The fourth-order valence-electron chi connectivity index (χ4n) is 0.238. The summed E-state index contributed by atoms with van der Waals surface area (Å²) in [5.74, 6) is -1.57. The van der Waals surface area contributed by atoms with Crippen LogP contribution in [0.1, 0.15) is 10.5 Å². The molecule has 7 heteroatoms. The second-order valence-electron chi connectivity index (χ2n) is 1.52. The molecule has 11 heavy (non-hydrogen) atoms. The average molecular weight is 199 g/mol. The van der Waals surface area contributed by atoms with Gasteiger partial charge >= 0.3 is 59.1 Å². The van der Waals surface area contributed by atoms with Crippen LogP contribution in [-0.2, 0) is 9.36 Å². The van der Waals surface area contributed by atoms with E-state index in [4.69, 9.17) is 4.11 Å². The zero-order valence-corrected chi connectivity index (χ0v) is 11.4. The van der Waals surface area contributed by atoms with Crippen molar-refractivity contribution in [3.63, 3.8) is 0 Å². The van der Waals surface area contributed by atoms with Crippen molar-refractivity contribution in [2.75, 3.05) is 12.8 Å². The van der Waals surface area contributed by atoms with E-state index in [-0.39, 0.29) is 59.1 Å². The summed E-state index contributed by atoms with van der Waals surface area (Å²) in [6.45, 7) is -3.11. The Balaban J connectivity index is -0.000000605. The number of carboxylic acids is 1. The van der Waals surface area contributed by atoms with Crippen molar-refractivity contribution in [2.45, 2.75) is 6.42 Å². The molecule has 0 spiro atoms. The van der Waals surface area contributed by atoms with Gasteiger partial charge in [0.05, 0.1) is 0 Å². The number of aliphatic carboxylic acids is 1. The number of carboxylic acid groups (broad SMARTS) is 1. The molecule has 54 valence electrons. The zero-order chi connectivity index (χ0) is 9.99. The van der Waals surface area contributed by atoms with Gasteiger partial charge in [-0.2, -0.15) is 0 Å². The Kier molecular flexibility index (Phi) is 8.07. The van der Waals surface area contributed by atoms with E-state index >= 15 is 0 Å². The first-order valence-electron chi connectivity index (χ1n) is 3.67. The Morgan fingerprint density at radius 2 is 2.09 bits per heavy atom.